The van der Waals surface area contributed by atoms with Crippen molar-refractivity contribution >= 4 is 11.9 Å². The first-order valence-corrected chi connectivity index (χ1v) is 9.98. The van der Waals surface area contributed by atoms with Gasteiger partial charge in [-0.1, -0.05) is 38.1 Å². The van der Waals surface area contributed by atoms with E-state index in [2.05, 4.69) is 13.8 Å². The maximum atomic E-state index is 13.8. The molecule has 0 aliphatic carbocycles. The highest BCUT2D eigenvalue weighted by Crippen LogP contribution is 2.35. The number of Topliss-reactive ketones (excluding diaryl/α,β-unsaturated/α-hetero) is 1. The third kappa shape index (κ3) is 4.20. The Labute approximate surface area is 186 Å². The molecule has 0 aromatic heterocycles. The molecule has 1 heterocycles. The van der Waals surface area contributed by atoms with Gasteiger partial charge in [-0.3, -0.25) is 4.79 Å². The second kappa shape index (κ2) is 8.69. The minimum atomic E-state index is -2.24. The number of hydrogen-bond donors (Lipinski definition) is 0. The van der Waals surface area contributed by atoms with Crippen LogP contribution in [0.1, 0.15) is 46.8 Å². The van der Waals surface area contributed by atoms with E-state index in [9.17, 15) is 26.7 Å². The van der Waals surface area contributed by atoms with Crippen LogP contribution in [0.4, 0.5) is 22.0 Å². The summed E-state index contributed by atoms with van der Waals surface area (Å²) in [6.45, 7) is 3.22. The molecule has 0 N–H and O–H groups in total. The van der Waals surface area contributed by atoms with Gasteiger partial charge in [-0.05, 0) is 35.3 Å². The molecule has 0 bridgehead atoms. The molecule has 8 heteroatoms. The highest BCUT2D eigenvalue weighted by molar-refractivity contribution is 6.14. The van der Waals surface area contributed by atoms with E-state index in [1.54, 1.807) is 6.08 Å². The third-order valence-electron chi connectivity index (χ3n) is 5.23. The maximum Gasteiger partial charge on any atom is 0.231 e. The summed E-state index contributed by atoms with van der Waals surface area (Å²) >= 11 is 0. The highest BCUT2D eigenvalue weighted by Gasteiger charge is 2.29. The van der Waals surface area contributed by atoms with E-state index in [-0.39, 0.29) is 28.6 Å². The number of carbonyl (C=O) groups is 1. The molecule has 1 aliphatic heterocycles. The lowest BCUT2D eigenvalue weighted by Gasteiger charge is -2.10. The van der Waals surface area contributed by atoms with Crippen LogP contribution in [-0.4, -0.2) is 5.78 Å². The molecule has 3 aromatic carbocycles. The summed E-state index contributed by atoms with van der Waals surface area (Å²) in [7, 11) is 0. The largest absolute Gasteiger partial charge is 0.489 e. The Hall–Kier alpha value is -3.68. The number of hydrogen-bond acceptors (Lipinski definition) is 3. The molecule has 0 atom stereocenters. The monoisotopic (exact) mass is 460 g/mol. The summed E-state index contributed by atoms with van der Waals surface area (Å²) in [5, 5.41) is 0. The van der Waals surface area contributed by atoms with Gasteiger partial charge in [0.1, 0.15) is 18.1 Å². The average Bonchev–Trinajstić information content (AvgIpc) is 3.11. The number of benzene rings is 3. The second-order valence-electron chi connectivity index (χ2n) is 7.76. The van der Waals surface area contributed by atoms with Crippen molar-refractivity contribution < 1.29 is 36.2 Å². The molecule has 1 aliphatic rings. The van der Waals surface area contributed by atoms with E-state index in [0.29, 0.717) is 5.92 Å². The molecule has 4 rings (SSSR count). The molecule has 3 aromatic rings. The van der Waals surface area contributed by atoms with Gasteiger partial charge in [-0.15, -0.1) is 0 Å². The van der Waals surface area contributed by atoms with Crippen LogP contribution in [0.15, 0.2) is 48.2 Å². The Morgan fingerprint density at radius 2 is 1.48 bits per heavy atom. The summed E-state index contributed by atoms with van der Waals surface area (Å²) in [6, 6.07) is 11.7. The quantitative estimate of drug-likeness (QED) is 0.184. The van der Waals surface area contributed by atoms with E-state index in [1.807, 2.05) is 24.3 Å². The van der Waals surface area contributed by atoms with Crippen molar-refractivity contribution in [3.8, 4) is 11.5 Å². The van der Waals surface area contributed by atoms with Crippen molar-refractivity contribution in [3.05, 3.63) is 99.6 Å². The Morgan fingerprint density at radius 1 is 0.879 bits per heavy atom. The van der Waals surface area contributed by atoms with E-state index >= 15 is 0 Å². The van der Waals surface area contributed by atoms with Crippen LogP contribution in [0.2, 0.25) is 0 Å². The zero-order valence-electron chi connectivity index (χ0n) is 17.5. The molecule has 0 amide bonds. The lowest BCUT2D eigenvalue weighted by molar-refractivity contribution is 0.101. The van der Waals surface area contributed by atoms with E-state index in [1.165, 1.54) is 18.2 Å². The fourth-order valence-corrected chi connectivity index (χ4v) is 3.32. The topological polar surface area (TPSA) is 35.5 Å². The van der Waals surface area contributed by atoms with E-state index < -0.39 is 41.3 Å². The van der Waals surface area contributed by atoms with Crippen molar-refractivity contribution in [2.75, 3.05) is 0 Å². The number of carbonyl (C=O) groups excluding carboxylic acids is 1. The van der Waals surface area contributed by atoms with Gasteiger partial charge in [0.2, 0.25) is 11.6 Å². The van der Waals surface area contributed by atoms with Crippen molar-refractivity contribution in [1.82, 2.24) is 0 Å². The van der Waals surface area contributed by atoms with Gasteiger partial charge in [0, 0.05) is 6.07 Å². The van der Waals surface area contributed by atoms with Crippen LogP contribution in [-0.2, 0) is 6.61 Å². The highest BCUT2D eigenvalue weighted by atomic mass is 19.2. The van der Waals surface area contributed by atoms with Crippen LogP contribution in [0.5, 0.6) is 11.5 Å². The lowest BCUT2D eigenvalue weighted by Crippen LogP contribution is -2.09. The normalized spacial score (nSPS) is 14.1. The molecule has 0 fully saturated rings. The maximum absolute atomic E-state index is 13.8. The fourth-order valence-electron chi connectivity index (χ4n) is 3.32. The minimum absolute atomic E-state index is 0.0213. The van der Waals surface area contributed by atoms with Gasteiger partial charge in [0.05, 0.1) is 11.1 Å². The van der Waals surface area contributed by atoms with Crippen LogP contribution >= 0.6 is 0 Å². The average molecular weight is 460 g/mol. The Kier molecular flexibility index (Phi) is 5.93. The van der Waals surface area contributed by atoms with Crippen LogP contribution in [0, 0.1) is 29.1 Å². The molecule has 0 radical (unpaired) electrons. The number of ether oxygens (including phenoxy) is 2. The lowest BCUT2D eigenvalue weighted by atomic mass is 10.0. The van der Waals surface area contributed by atoms with Crippen LogP contribution < -0.4 is 9.47 Å². The van der Waals surface area contributed by atoms with Crippen LogP contribution in [0.25, 0.3) is 6.08 Å². The Bertz CT molecular complexity index is 1250. The molecule has 33 heavy (non-hydrogen) atoms. The van der Waals surface area contributed by atoms with Gasteiger partial charge in [0.25, 0.3) is 0 Å². The van der Waals surface area contributed by atoms with Crippen molar-refractivity contribution in [2.24, 2.45) is 0 Å². The van der Waals surface area contributed by atoms with Gasteiger partial charge in [0.15, 0.2) is 29.0 Å². The van der Waals surface area contributed by atoms with Gasteiger partial charge in [-0.2, -0.15) is 0 Å². The zero-order chi connectivity index (χ0) is 23.9. The standard InChI is InChI=1S/C25H17F5O3/c1-12(2)14-5-3-13(4-6-14)9-19-25(31)16-8-7-15(10-18(16)33-19)32-11-17-20(26)22(28)24(30)23(29)21(17)27/h3-10,12H,11H2,1-2H3. The Balaban J connectivity index is 1.53. The fraction of sp³-hybridized carbons (Fsp3) is 0.160. The van der Waals surface area contributed by atoms with Crippen LogP contribution in [0.3, 0.4) is 0 Å². The summed E-state index contributed by atoms with van der Waals surface area (Å²) < 4.78 is 78.3. The number of rotatable bonds is 5. The molecule has 0 saturated carbocycles. The first kappa shape index (κ1) is 22.5. The molecule has 0 spiro atoms. The molecule has 170 valence electrons. The number of fused-ring (bicyclic) bond motifs is 1. The van der Waals surface area contributed by atoms with E-state index in [0.717, 1.165) is 11.1 Å². The first-order chi connectivity index (χ1) is 15.7. The molecular weight excluding hydrogens is 443 g/mol. The third-order valence-corrected chi connectivity index (χ3v) is 5.23. The number of halogens is 5. The van der Waals surface area contributed by atoms with Crippen molar-refractivity contribution in [3.63, 3.8) is 0 Å². The molecule has 0 saturated heterocycles. The SMILES string of the molecule is CC(C)c1ccc(C=C2Oc3cc(OCc4c(F)c(F)c(F)c(F)c4F)ccc3C2=O)cc1. The van der Waals surface area contributed by atoms with Gasteiger partial charge in [-0.25, -0.2) is 22.0 Å². The number of allylic oxidation sites excluding steroid dienone is 1. The first-order valence-electron chi connectivity index (χ1n) is 9.98. The van der Waals surface area contributed by atoms with Gasteiger partial charge >= 0.3 is 0 Å². The summed E-state index contributed by atoms with van der Waals surface area (Å²) in [6.07, 6.45) is 1.59. The summed E-state index contributed by atoms with van der Waals surface area (Å²) in [5.74, 6) is -10.0. The number of ketones is 1. The molecule has 3 nitrogen and oxygen atoms in total. The predicted molar refractivity (Wildman–Crippen MR) is 110 cm³/mol. The zero-order valence-corrected chi connectivity index (χ0v) is 17.5. The van der Waals surface area contributed by atoms with Gasteiger partial charge < -0.3 is 9.47 Å². The molecular formula is C25H17F5O3. The van der Waals surface area contributed by atoms with E-state index in [4.69, 9.17) is 9.47 Å². The predicted octanol–water partition coefficient (Wildman–Crippen LogP) is 6.70. The van der Waals surface area contributed by atoms with Crippen molar-refractivity contribution in [2.45, 2.75) is 26.4 Å². The molecule has 0 unspecified atom stereocenters. The van der Waals surface area contributed by atoms with Crippen molar-refractivity contribution in [1.29, 1.82) is 0 Å². The second-order valence-corrected chi connectivity index (χ2v) is 7.76. The minimum Gasteiger partial charge on any atom is -0.489 e. The Morgan fingerprint density at radius 3 is 2.09 bits per heavy atom. The smallest absolute Gasteiger partial charge is 0.231 e. The summed E-state index contributed by atoms with van der Waals surface area (Å²) in [5.41, 5.74) is 1.06. The summed E-state index contributed by atoms with van der Waals surface area (Å²) in [4.78, 5) is 12.6.